The number of benzene rings is 3. The van der Waals surface area contributed by atoms with E-state index in [4.69, 9.17) is 9.84 Å². The number of aromatic carboxylic acids is 1. The van der Waals surface area contributed by atoms with Gasteiger partial charge in [-0.3, -0.25) is 0 Å². The maximum Gasteiger partial charge on any atom is 0.335 e. The van der Waals surface area contributed by atoms with Gasteiger partial charge in [-0.15, -0.1) is 0 Å². The average Bonchev–Trinajstić information content (AvgIpc) is 2.67. The molecule has 0 saturated carbocycles. The van der Waals surface area contributed by atoms with Crippen molar-refractivity contribution in [3.8, 4) is 5.75 Å². The van der Waals surface area contributed by atoms with Crippen LogP contribution in [0.2, 0.25) is 0 Å². The van der Waals surface area contributed by atoms with Gasteiger partial charge in [-0.05, 0) is 85.8 Å². The lowest BCUT2D eigenvalue weighted by Gasteiger charge is -2.14. The van der Waals surface area contributed by atoms with Gasteiger partial charge < -0.3 is 15.2 Å². The molecule has 0 fully saturated rings. The zero-order chi connectivity index (χ0) is 20.1. The zero-order valence-corrected chi connectivity index (χ0v) is 18.4. The minimum atomic E-state index is -0.923. The topological polar surface area (TPSA) is 58.6 Å². The molecule has 0 spiro atoms. The average molecular weight is 505 g/mol. The highest BCUT2D eigenvalue weighted by atomic mass is 79.9. The van der Waals surface area contributed by atoms with Crippen LogP contribution in [0.1, 0.15) is 27.0 Å². The summed E-state index contributed by atoms with van der Waals surface area (Å²) in [6.45, 7) is 2.98. The van der Waals surface area contributed by atoms with Crippen LogP contribution in [0.3, 0.4) is 0 Å². The Balaban J connectivity index is 1.68. The summed E-state index contributed by atoms with van der Waals surface area (Å²) in [7, 11) is 0. The molecule has 6 heteroatoms. The Kier molecular flexibility index (Phi) is 6.75. The number of ether oxygens (including phenoxy) is 1. The fraction of sp³-hybridized carbons (Fsp3) is 0.136. The van der Waals surface area contributed by atoms with E-state index in [9.17, 15) is 4.79 Å². The molecule has 0 heterocycles. The van der Waals surface area contributed by atoms with Crippen molar-refractivity contribution in [2.24, 2.45) is 0 Å². The molecule has 3 aromatic carbocycles. The Hall–Kier alpha value is -2.31. The highest BCUT2D eigenvalue weighted by molar-refractivity contribution is 9.11. The highest BCUT2D eigenvalue weighted by Gasteiger charge is 2.11. The smallest absolute Gasteiger partial charge is 0.335 e. The van der Waals surface area contributed by atoms with E-state index in [1.165, 1.54) is 0 Å². The summed E-state index contributed by atoms with van der Waals surface area (Å²) in [6.07, 6.45) is 0. The van der Waals surface area contributed by atoms with E-state index in [1.807, 2.05) is 49.4 Å². The molecule has 0 aliphatic rings. The Labute approximate surface area is 180 Å². The fourth-order valence-corrected chi connectivity index (χ4v) is 4.28. The maximum absolute atomic E-state index is 11.1. The molecule has 0 radical (unpaired) electrons. The van der Waals surface area contributed by atoms with Crippen molar-refractivity contribution in [1.29, 1.82) is 0 Å². The quantitative estimate of drug-likeness (QED) is 0.390. The lowest BCUT2D eigenvalue weighted by molar-refractivity contribution is 0.0697. The van der Waals surface area contributed by atoms with Gasteiger partial charge in [0, 0.05) is 12.2 Å². The first-order valence-corrected chi connectivity index (χ1v) is 10.2. The molecule has 0 aliphatic heterocycles. The van der Waals surface area contributed by atoms with Gasteiger partial charge in [0.25, 0.3) is 0 Å². The normalized spacial score (nSPS) is 10.5. The van der Waals surface area contributed by atoms with Gasteiger partial charge in [0.2, 0.25) is 0 Å². The highest BCUT2D eigenvalue weighted by Crippen LogP contribution is 2.35. The molecule has 0 bridgehead atoms. The molecular formula is C22H19Br2NO3. The van der Waals surface area contributed by atoms with Crippen molar-refractivity contribution in [2.45, 2.75) is 20.1 Å². The lowest BCUT2D eigenvalue weighted by Crippen LogP contribution is -2.04. The largest absolute Gasteiger partial charge is 0.487 e. The van der Waals surface area contributed by atoms with Gasteiger partial charge in [-0.2, -0.15) is 0 Å². The van der Waals surface area contributed by atoms with Crippen molar-refractivity contribution in [1.82, 2.24) is 0 Å². The molecule has 0 aliphatic carbocycles. The molecule has 144 valence electrons. The number of carbonyl (C=O) groups is 1. The van der Waals surface area contributed by atoms with Crippen LogP contribution in [-0.4, -0.2) is 11.1 Å². The summed E-state index contributed by atoms with van der Waals surface area (Å²) in [5.41, 5.74) is 4.25. The lowest BCUT2D eigenvalue weighted by atomic mass is 10.1. The Morgan fingerprint density at radius 1 is 1.00 bits per heavy atom. The standard InChI is InChI=1S/C22H19Br2NO3/c1-14-9-17(22(26)27)7-8-20(14)25-12-16-10-18(23)21(19(24)11-16)28-13-15-5-3-2-4-6-15/h2-11,25H,12-13H2,1H3,(H,26,27). The van der Waals surface area contributed by atoms with Crippen LogP contribution in [0.15, 0.2) is 69.6 Å². The maximum atomic E-state index is 11.1. The van der Waals surface area contributed by atoms with Crippen molar-refractivity contribution >= 4 is 43.5 Å². The molecule has 0 unspecified atom stereocenters. The first kappa shape index (κ1) is 20.4. The zero-order valence-electron chi connectivity index (χ0n) is 15.2. The van der Waals surface area contributed by atoms with Crippen LogP contribution < -0.4 is 10.1 Å². The number of carboxylic acids is 1. The third-order valence-corrected chi connectivity index (χ3v) is 5.42. The van der Waals surface area contributed by atoms with Crippen molar-refractivity contribution in [3.63, 3.8) is 0 Å². The second-order valence-corrected chi connectivity index (χ2v) is 8.06. The van der Waals surface area contributed by atoms with E-state index < -0.39 is 5.97 Å². The third kappa shape index (κ3) is 5.14. The predicted molar refractivity (Wildman–Crippen MR) is 118 cm³/mol. The summed E-state index contributed by atoms with van der Waals surface area (Å²) in [5, 5.41) is 12.4. The monoisotopic (exact) mass is 503 g/mol. The van der Waals surface area contributed by atoms with Crippen molar-refractivity contribution in [2.75, 3.05) is 5.32 Å². The molecular weight excluding hydrogens is 486 g/mol. The summed E-state index contributed by atoms with van der Waals surface area (Å²) in [6, 6.07) is 19.1. The molecule has 3 rings (SSSR count). The molecule has 28 heavy (non-hydrogen) atoms. The van der Waals surface area contributed by atoms with Gasteiger partial charge in [0.15, 0.2) is 0 Å². The van der Waals surface area contributed by atoms with Crippen molar-refractivity contribution in [3.05, 3.63) is 91.9 Å². The number of aryl methyl sites for hydroxylation is 1. The van der Waals surface area contributed by atoms with Crippen LogP contribution in [0, 0.1) is 6.92 Å². The van der Waals surface area contributed by atoms with E-state index in [-0.39, 0.29) is 5.56 Å². The van der Waals surface area contributed by atoms with Gasteiger partial charge >= 0.3 is 5.97 Å². The molecule has 0 amide bonds. The van der Waals surface area contributed by atoms with Crippen LogP contribution in [-0.2, 0) is 13.2 Å². The summed E-state index contributed by atoms with van der Waals surface area (Å²) >= 11 is 7.18. The van der Waals surface area contributed by atoms with E-state index in [2.05, 4.69) is 37.2 Å². The predicted octanol–water partition coefficient (Wildman–Crippen LogP) is 6.41. The molecule has 0 aromatic heterocycles. The van der Waals surface area contributed by atoms with Gasteiger partial charge in [-0.25, -0.2) is 4.79 Å². The molecule has 4 nitrogen and oxygen atoms in total. The minimum Gasteiger partial charge on any atom is -0.487 e. The number of anilines is 1. The van der Waals surface area contributed by atoms with Crippen LogP contribution in [0.4, 0.5) is 5.69 Å². The van der Waals surface area contributed by atoms with Crippen LogP contribution >= 0.6 is 31.9 Å². The Morgan fingerprint density at radius 3 is 2.29 bits per heavy atom. The number of carboxylic acid groups (broad SMARTS) is 1. The summed E-state index contributed by atoms with van der Waals surface area (Å²) < 4.78 is 7.69. The number of hydrogen-bond donors (Lipinski definition) is 2. The van der Waals surface area contributed by atoms with E-state index in [1.54, 1.807) is 18.2 Å². The fourth-order valence-electron chi connectivity index (χ4n) is 2.77. The number of nitrogens with one attached hydrogen (secondary N) is 1. The number of hydrogen-bond acceptors (Lipinski definition) is 3. The second kappa shape index (κ2) is 9.26. The molecule has 3 aromatic rings. The van der Waals surface area contributed by atoms with Gasteiger partial charge in [0.05, 0.1) is 14.5 Å². The van der Waals surface area contributed by atoms with Crippen LogP contribution in [0.5, 0.6) is 5.75 Å². The molecule has 0 atom stereocenters. The first-order valence-electron chi connectivity index (χ1n) is 8.66. The molecule has 2 N–H and O–H groups in total. The van der Waals surface area contributed by atoms with Gasteiger partial charge in [0.1, 0.15) is 12.4 Å². The van der Waals surface area contributed by atoms with Crippen molar-refractivity contribution < 1.29 is 14.6 Å². The third-order valence-electron chi connectivity index (χ3n) is 4.24. The van der Waals surface area contributed by atoms with E-state index in [0.717, 1.165) is 37.1 Å². The van der Waals surface area contributed by atoms with E-state index in [0.29, 0.717) is 13.2 Å². The first-order chi connectivity index (χ1) is 13.4. The number of rotatable bonds is 7. The summed E-state index contributed by atoms with van der Waals surface area (Å²) in [4.78, 5) is 11.1. The summed E-state index contributed by atoms with van der Waals surface area (Å²) in [5.74, 6) is -0.164. The Morgan fingerprint density at radius 2 is 1.68 bits per heavy atom. The van der Waals surface area contributed by atoms with Gasteiger partial charge in [-0.1, -0.05) is 30.3 Å². The van der Waals surface area contributed by atoms with Crippen LogP contribution in [0.25, 0.3) is 0 Å². The second-order valence-electron chi connectivity index (χ2n) is 6.35. The molecule has 0 saturated heterocycles. The number of halogens is 2. The SMILES string of the molecule is Cc1cc(C(=O)O)ccc1NCc1cc(Br)c(OCc2ccccc2)c(Br)c1. The minimum absolute atomic E-state index is 0.286. The van der Waals surface area contributed by atoms with E-state index >= 15 is 0 Å². The Bertz CT molecular complexity index is 967.